The molecule has 156 valence electrons. The number of hydrogen-bond acceptors (Lipinski definition) is 6. The van der Waals surface area contributed by atoms with Crippen molar-refractivity contribution in [1.29, 1.82) is 0 Å². The molecule has 9 heteroatoms. The normalized spacial score (nSPS) is 10.9. The van der Waals surface area contributed by atoms with Crippen molar-refractivity contribution in [3.05, 3.63) is 64.7 Å². The fraction of sp³-hybridized carbons (Fsp3) is 0.286. The zero-order chi connectivity index (χ0) is 21.5. The molecular formula is C21H23N5O3S. The number of hydrogen-bond donors (Lipinski definition) is 1. The van der Waals surface area contributed by atoms with Gasteiger partial charge in [0, 0.05) is 29.9 Å². The summed E-state index contributed by atoms with van der Waals surface area (Å²) in [5.74, 6) is 1.26. The molecule has 0 saturated carbocycles. The summed E-state index contributed by atoms with van der Waals surface area (Å²) < 4.78 is 1.85. The van der Waals surface area contributed by atoms with Crippen molar-refractivity contribution in [1.82, 2.24) is 20.1 Å². The first-order chi connectivity index (χ1) is 14.5. The Morgan fingerprint density at radius 2 is 1.83 bits per heavy atom. The molecule has 0 spiro atoms. The topological polar surface area (TPSA) is 103 Å². The Bertz CT molecular complexity index is 1000. The number of nitro benzene ring substituents is 1. The molecule has 0 unspecified atom stereocenters. The first kappa shape index (κ1) is 21.5. The van der Waals surface area contributed by atoms with Crippen molar-refractivity contribution in [2.45, 2.75) is 25.4 Å². The number of thioether (sulfide) groups is 1. The second-order valence-electron chi connectivity index (χ2n) is 7.10. The molecule has 0 radical (unpaired) electrons. The summed E-state index contributed by atoms with van der Waals surface area (Å²) in [4.78, 5) is 22.7. The van der Waals surface area contributed by atoms with E-state index >= 15 is 0 Å². The van der Waals surface area contributed by atoms with Crippen LogP contribution in [0.15, 0.2) is 59.8 Å². The number of benzene rings is 2. The third-order valence-corrected chi connectivity index (χ3v) is 5.29. The van der Waals surface area contributed by atoms with Crippen LogP contribution in [0.2, 0.25) is 0 Å². The van der Waals surface area contributed by atoms with E-state index in [0.717, 1.165) is 12.1 Å². The molecule has 0 fully saturated rings. The monoisotopic (exact) mass is 425 g/mol. The maximum absolute atomic E-state index is 12.2. The average molecular weight is 426 g/mol. The van der Waals surface area contributed by atoms with Gasteiger partial charge in [-0.2, -0.15) is 0 Å². The zero-order valence-electron chi connectivity index (χ0n) is 16.8. The molecular weight excluding hydrogens is 402 g/mol. The lowest BCUT2D eigenvalue weighted by atomic mass is 10.1. The van der Waals surface area contributed by atoms with Crippen LogP contribution in [0.1, 0.15) is 20.3 Å². The van der Waals surface area contributed by atoms with Gasteiger partial charge in [-0.05, 0) is 36.6 Å². The van der Waals surface area contributed by atoms with Crippen molar-refractivity contribution in [3.63, 3.8) is 0 Å². The summed E-state index contributed by atoms with van der Waals surface area (Å²) in [6.45, 7) is 4.88. The van der Waals surface area contributed by atoms with E-state index in [1.165, 1.54) is 23.9 Å². The summed E-state index contributed by atoms with van der Waals surface area (Å²) in [6, 6.07) is 15.7. The minimum Gasteiger partial charge on any atom is -0.355 e. The first-order valence-electron chi connectivity index (χ1n) is 9.61. The second-order valence-corrected chi connectivity index (χ2v) is 8.04. The van der Waals surface area contributed by atoms with Crippen molar-refractivity contribution in [2.75, 3.05) is 12.3 Å². The minimum atomic E-state index is -0.440. The van der Waals surface area contributed by atoms with Gasteiger partial charge >= 0.3 is 0 Å². The number of nitrogens with one attached hydrogen (secondary N) is 1. The highest BCUT2D eigenvalue weighted by molar-refractivity contribution is 7.99. The van der Waals surface area contributed by atoms with Crippen molar-refractivity contribution in [2.24, 2.45) is 5.92 Å². The highest BCUT2D eigenvalue weighted by Crippen LogP contribution is 2.28. The van der Waals surface area contributed by atoms with Gasteiger partial charge in [0.1, 0.15) is 0 Å². The zero-order valence-corrected chi connectivity index (χ0v) is 17.6. The third kappa shape index (κ3) is 5.44. The Morgan fingerprint density at radius 3 is 2.47 bits per heavy atom. The van der Waals surface area contributed by atoms with E-state index in [9.17, 15) is 14.9 Å². The molecule has 0 saturated heterocycles. The van der Waals surface area contributed by atoms with E-state index in [1.54, 1.807) is 12.1 Å². The van der Waals surface area contributed by atoms with E-state index in [-0.39, 0.29) is 17.3 Å². The van der Waals surface area contributed by atoms with Crippen LogP contribution in [-0.4, -0.2) is 37.9 Å². The molecule has 2 aromatic carbocycles. The predicted octanol–water partition coefficient (Wildman–Crippen LogP) is 4.10. The van der Waals surface area contributed by atoms with Crippen molar-refractivity contribution < 1.29 is 9.72 Å². The predicted molar refractivity (Wildman–Crippen MR) is 117 cm³/mol. The molecule has 1 aromatic heterocycles. The lowest BCUT2D eigenvalue weighted by Crippen LogP contribution is -2.27. The van der Waals surface area contributed by atoms with Gasteiger partial charge in [0.25, 0.3) is 5.69 Å². The molecule has 0 aliphatic rings. The van der Waals surface area contributed by atoms with Crippen LogP contribution in [0, 0.1) is 16.0 Å². The molecule has 30 heavy (non-hydrogen) atoms. The van der Waals surface area contributed by atoms with Crippen LogP contribution >= 0.6 is 11.8 Å². The molecule has 0 bridgehead atoms. The fourth-order valence-electron chi connectivity index (χ4n) is 2.77. The van der Waals surface area contributed by atoms with Crippen molar-refractivity contribution >= 4 is 23.4 Å². The number of para-hydroxylation sites is 1. The van der Waals surface area contributed by atoms with Gasteiger partial charge in [0.2, 0.25) is 5.91 Å². The molecule has 1 amide bonds. The third-order valence-electron chi connectivity index (χ3n) is 4.36. The van der Waals surface area contributed by atoms with E-state index in [2.05, 4.69) is 29.4 Å². The van der Waals surface area contributed by atoms with Gasteiger partial charge in [-0.15, -0.1) is 10.2 Å². The molecule has 0 aliphatic heterocycles. The molecule has 0 atom stereocenters. The Balaban J connectivity index is 1.84. The van der Waals surface area contributed by atoms with Crippen LogP contribution < -0.4 is 5.32 Å². The van der Waals surface area contributed by atoms with Crippen LogP contribution in [0.4, 0.5) is 5.69 Å². The second kappa shape index (κ2) is 10.0. The Labute approximate surface area is 178 Å². The highest BCUT2D eigenvalue weighted by Gasteiger charge is 2.18. The van der Waals surface area contributed by atoms with E-state index in [0.29, 0.717) is 29.0 Å². The van der Waals surface area contributed by atoms with E-state index in [4.69, 9.17) is 0 Å². The number of carbonyl (C=O) groups excluding carboxylic acids is 1. The van der Waals surface area contributed by atoms with Gasteiger partial charge in [-0.3, -0.25) is 19.5 Å². The first-order valence-corrected chi connectivity index (χ1v) is 10.6. The van der Waals surface area contributed by atoms with Gasteiger partial charge in [-0.1, -0.05) is 43.8 Å². The summed E-state index contributed by atoms with van der Waals surface area (Å²) in [5, 5.41) is 23.0. The summed E-state index contributed by atoms with van der Waals surface area (Å²) in [7, 11) is 0. The number of aromatic nitrogens is 3. The van der Waals surface area contributed by atoms with E-state index < -0.39 is 4.92 Å². The van der Waals surface area contributed by atoms with Crippen LogP contribution in [0.5, 0.6) is 0 Å². The van der Waals surface area contributed by atoms with Gasteiger partial charge in [0.15, 0.2) is 11.0 Å². The maximum Gasteiger partial charge on any atom is 0.269 e. The molecule has 3 aromatic rings. The largest absolute Gasteiger partial charge is 0.355 e. The Morgan fingerprint density at radius 1 is 1.13 bits per heavy atom. The van der Waals surface area contributed by atoms with Crippen LogP contribution in [0.3, 0.4) is 0 Å². The number of carbonyl (C=O) groups is 1. The van der Waals surface area contributed by atoms with Crippen LogP contribution in [0.25, 0.3) is 17.1 Å². The van der Waals surface area contributed by atoms with Gasteiger partial charge in [0.05, 0.1) is 10.7 Å². The van der Waals surface area contributed by atoms with Gasteiger partial charge in [-0.25, -0.2) is 0 Å². The van der Waals surface area contributed by atoms with Crippen molar-refractivity contribution in [3.8, 4) is 17.1 Å². The Hall–Kier alpha value is -3.20. The number of amides is 1. The molecule has 0 aliphatic carbocycles. The SMILES string of the molecule is CC(C)CCNC(=O)CSc1nnc(-c2ccc([N+](=O)[O-])cc2)n1-c1ccccc1. The fourth-order valence-corrected chi connectivity index (χ4v) is 3.56. The minimum absolute atomic E-state index is 0.0113. The number of nitro groups is 1. The number of rotatable bonds is 9. The smallest absolute Gasteiger partial charge is 0.269 e. The number of nitrogens with zero attached hydrogens (tertiary/aromatic N) is 4. The summed E-state index contributed by atoms with van der Waals surface area (Å²) in [6.07, 6.45) is 0.931. The molecule has 3 rings (SSSR count). The number of non-ortho nitro benzene ring substituents is 1. The lowest BCUT2D eigenvalue weighted by molar-refractivity contribution is -0.384. The Kier molecular flexibility index (Phi) is 7.18. The molecule has 1 heterocycles. The quantitative estimate of drug-likeness (QED) is 0.315. The summed E-state index contributed by atoms with van der Waals surface area (Å²) in [5.41, 5.74) is 1.56. The highest BCUT2D eigenvalue weighted by atomic mass is 32.2. The summed E-state index contributed by atoms with van der Waals surface area (Å²) >= 11 is 1.30. The average Bonchev–Trinajstić information content (AvgIpc) is 3.16. The molecule has 1 N–H and O–H groups in total. The lowest BCUT2D eigenvalue weighted by Gasteiger charge is -2.10. The maximum atomic E-state index is 12.2. The standard InChI is InChI=1S/C21H23N5O3S/c1-15(2)12-13-22-19(27)14-30-21-24-23-20(25(21)17-6-4-3-5-7-17)16-8-10-18(11-9-16)26(28)29/h3-11,15H,12-14H2,1-2H3,(H,22,27). The van der Waals surface area contributed by atoms with Gasteiger partial charge < -0.3 is 5.32 Å². The van der Waals surface area contributed by atoms with E-state index in [1.807, 2.05) is 34.9 Å². The van der Waals surface area contributed by atoms with Crippen LogP contribution in [-0.2, 0) is 4.79 Å². The molecule has 8 nitrogen and oxygen atoms in total.